The highest BCUT2D eigenvalue weighted by Crippen LogP contribution is 2.20. The number of benzene rings is 1. The second kappa shape index (κ2) is 10.6. The highest BCUT2D eigenvalue weighted by atomic mass is 32.2. The van der Waals surface area contributed by atoms with Crippen LogP contribution < -0.4 is 15.4 Å². The van der Waals surface area contributed by atoms with Gasteiger partial charge in [-0.3, -0.25) is 18.9 Å². The van der Waals surface area contributed by atoms with Crippen LogP contribution >= 0.6 is 11.8 Å². The summed E-state index contributed by atoms with van der Waals surface area (Å²) in [6.45, 7) is 0.120. The maximum absolute atomic E-state index is 12.9. The van der Waals surface area contributed by atoms with Crippen molar-refractivity contribution in [3.05, 3.63) is 60.0 Å². The first-order chi connectivity index (χ1) is 16.5. The molecule has 1 saturated heterocycles. The van der Waals surface area contributed by atoms with E-state index in [1.165, 1.54) is 0 Å². The number of ether oxygens (including phenoxy) is 1. The molecule has 34 heavy (non-hydrogen) atoms. The Morgan fingerprint density at radius 1 is 1.21 bits per heavy atom. The van der Waals surface area contributed by atoms with Crippen molar-refractivity contribution in [1.29, 1.82) is 0 Å². The number of nitrogens with one attached hydrogen (secondary N) is 2. The van der Waals surface area contributed by atoms with Crippen molar-refractivity contribution in [2.45, 2.75) is 31.5 Å². The minimum atomic E-state index is -0.915. The molecule has 0 saturated carbocycles. The molecule has 11 heteroatoms. The third kappa shape index (κ3) is 5.14. The lowest BCUT2D eigenvalue weighted by Crippen LogP contribution is -2.38. The van der Waals surface area contributed by atoms with Gasteiger partial charge in [-0.2, -0.15) is 11.8 Å². The molecule has 1 aromatic carbocycles. The number of aromatic nitrogens is 3. The number of urea groups is 1. The van der Waals surface area contributed by atoms with E-state index in [0.717, 1.165) is 16.2 Å². The van der Waals surface area contributed by atoms with Gasteiger partial charge >= 0.3 is 6.03 Å². The predicted molar refractivity (Wildman–Crippen MR) is 127 cm³/mol. The Morgan fingerprint density at radius 3 is 2.74 bits per heavy atom. The van der Waals surface area contributed by atoms with Crippen molar-refractivity contribution < 1.29 is 19.1 Å². The molecule has 2 atom stereocenters. The number of carbonyl (C=O) groups is 3. The van der Waals surface area contributed by atoms with Crippen molar-refractivity contribution in [3.63, 3.8) is 0 Å². The summed E-state index contributed by atoms with van der Waals surface area (Å²) in [5.41, 5.74) is 1.47. The normalized spacial score (nSPS) is 16.5. The first kappa shape index (κ1) is 23.6. The van der Waals surface area contributed by atoms with Crippen molar-refractivity contribution >= 4 is 35.3 Å². The van der Waals surface area contributed by atoms with Crippen LogP contribution in [-0.4, -0.2) is 62.5 Å². The smallest absolute Gasteiger partial charge is 0.325 e. The highest BCUT2D eigenvalue weighted by molar-refractivity contribution is 7.98. The molecule has 2 N–H and O–H groups in total. The summed E-state index contributed by atoms with van der Waals surface area (Å²) in [5.74, 6) is 1.35. The summed E-state index contributed by atoms with van der Waals surface area (Å²) in [6, 6.07) is 10.9. The van der Waals surface area contributed by atoms with Crippen LogP contribution in [0.1, 0.15) is 30.3 Å². The van der Waals surface area contributed by atoms with Crippen LogP contribution in [0.15, 0.2) is 48.7 Å². The van der Waals surface area contributed by atoms with E-state index in [0.29, 0.717) is 23.6 Å². The number of methoxy groups -OCH3 is 1. The van der Waals surface area contributed by atoms with E-state index in [4.69, 9.17) is 4.74 Å². The average molecular weight is 483 g/mol. The molecule has 3 heterocycles. The van der Waals surface area contributed by atoms with Gasteiger partial charge in [0.25, 0.3) is 5.91 Å². The Labute approximate surface area is 201 Å². The molecule has 0 bridgehead atoms. The number of thioether (sulfide) groups is 1. The molecule has 178 valence electrons. The minimum absolute atomic E-state index is 0.120. The molecule has 1 aliphatic rings. The topological polar surface area (TPSA) is 118 Å². The van der Waals surface area contributed by atoms with Gasteiger partial charge in [0.2, 0.25) is 5.91 Å². The standard InChI is InChI=1S/C23H26N6O4S/c1-33-16-8-6-15(7-9-16)14-29-22(31)18(25-23(29)32)13-20(30)24-17(10-12-34-2)21-27-26-19-5-3-4-11-28(19)21/h3-9,11,17-18H,10,12-14H2,1-2H3,(H,24,30)(H,25,32)/t17-,18+/m1/s1. The summed E-state index contributed by atoms with van der Waals surface area (Å²) in [4.78, 5) is 39.3. The zero-order valence-corrected chi connectivity index (χ0v) is 19.7. The maximum atomic E-state index is 12.9. The first-order valence-electron chi connectivity index (χ1n) is 10.8. The second-order valence-electron chi connectivity index (χ2n) is 7.87. The fourth-order valence-electron chi connectivity index (χ4n) is 3.82. The number of pyridine rings is 1. The molecule has 2 aromatic heterocycles. The summed E-state index contributed by atoms with van der Waals surface area (Å²) >= 11 is 1.66. The molecular formula is C23H26N6O4S. The molecule has 3 aromatic rings. The van der Waals surface area contributed by atoms with Gasteiger partial charge in [0, 0.05) is 6.20 Å². The molecule has 0 unspecified atom stereocenters. The van der Waals surface area contributed by atoms with E-state index in [1.807, 2.05) is 35.1 Å². The van der Waals surface area contributed by atoms with Crippen molar-refractivity contribution in [3.8, 4) is 5.75 Å². The van der Waals surface area contributed by atoms with E-state index < -0.39 is 18.0 Å². The average Bonchev–Trinajstić information content (AvgIpc) is 3.39. The van der Waals surface area contributed by atoms with Crippen LogP contribution in [0.2, 0.25) is 0 Å². The number of carbonyl (C=O) groups excluding carboxylic acids is 3. The molecule has 4 amide bonds. The molecule has 1 fully saturated rings. The summed E-state index contributed by atoms with van der Waals surface area (Å²) in [6.07, 6.45) is 4.33. The Kier molecular flexibility index (Phi) is 7.31. The van der Waals surface area contributed by atoms with Crippen molar-refractivity contribution in [1.82, 2.24) is 30.1 Å². The van der Waals surface area contributed by atoms with Crippen LogP contribution in [0.5, 0.6) is 5.75 Å². The monoisotopic (exact) mass is 482 g/mol. The summed E-state index contributed by atoms with van der Waals surface area (Å²) < 4.78 is 6.97. The minimum Gasteiger partial charge on any atom is -0.497 e. The zero-order valence-electron chi connectivity index (χ0n) is 18.9. The largest absolute Gasteiger partial charge is 0.497 e. The van der Waals surface area contributed by atoms with Gasteiger partial charge in [-0.05, 0) is 48.3 Å². The molecule has 0 spiro atoms. The maximum Gasteiger partial charge on any atom is 0.325 e. The number of fused-ring (bicyclic) bond motifs is 1. The van der Waals surface area contributed by atoms with Crippen LogP contribution in [-0.2, 0) is 16.1 Å². The fraction of sp³-hybridized carbons (Fsp3) is 0.348. The van der Waals surface area contributed by atoms with E-state index in [-0.39, 0.29) is 24.9 Å². The van der Waals surface area contributed by atoms with E-state index in [2.05, 4.69) is 20.8 Å². The van der Waals surface area contributed by atoms with Crippen LogP contribution in [0.3, 0.4) is 0 Å². The third-order valence-electron chi connectivity index (χ3n) is 5.59. The number of hydrogen-bond acceptors (Lipinski definition) is 7. The predicted octanol–water partition coefficient (Wildman–Crippen LogP) is 2.16. The van der Waals surface area contributed by atoms with E-state index in [9.17, 15) is 14.4 Å². The first-order valence-corrected chi connectivity index (χ1v) is 12.2. The quantitative estimate of drug-likeness (QED) is 0.425. The van der Waals surface area contributed by atoms with Crippen molar-refractivity contribution in [2.75, 3.05) is 19.1 Å². The molecule has 0 radical (unpaired) electrons. The number of hydrogen-bond donors (Lipinski definition) is 2. The fourth-order valence-corrected chi connectivity index (χ4v) is 4.29. The SMILES string of the molecule is COc1ccc(CN2C(=O)N[C@@H](CC(=O)N[C@H](CCSC)c3nnc4ccccn34)C2=O)cc1. The third-order valence-corrected chi connectivity index (χ3v) is 6.24. The second-order valence-corrected chi connectivity index (χ2v) is 8.85. The molecule has 1 aliphatic heterocycles. The van der Waals surface area contributed by atoms with Crippen LogP contribution in [0.4, 0.5) is 4.79 Å². The van der Waals surface area contributed by atoms with Crippen molar-refractivity contribution in [2.24, 2.45) is 0 Å². The molecule has 10 nitrogen and oxygen atoms in total. The Balaban J connectivity index is 1.41. The number of nitrogens with zero attached hydrogens (tertiary/aromatic N) is 4. The number of amides is 4. The number of rotatable bonds is 10. The van der Waals surface area contributed by atoms with Gasteiger partial charge in [0.15, 0.2) is 11.5 Å². The Morgan fingerprint density at radius 2 is 2.00 bits per heavy atom. The Hall–Kier alpha value is -3.60. The summed E-state index contributed by atoms with van der Waals surface area (Å²) in [7, 11) is 1.57. The van der Waals surface area contributed by atoms with Crippen LogP contribution in [0.25, 0.3) is 5.65 Å². The highest BCUT2D eigenvalue weighted by Gasteiger charge is 2.39. The van der Waals surface area contributed by atoms with Crippen LogP contribution in [0, 0.1) is 0 Å². The lowest BCUT2D eigenvalue weighted by Gasteiger charge is -2.18. The van der Waals surface area contributed by atoms with Gasteiger partial charge < -0.3 is 15.4 Å². The molecule has 4 rings (SSSR count). The lowest BCUT2D eigenvalue weighted by molar-refractivity contribution is -0.131. The number of imide groups is 1. The van der Waals surface area contributed by atoms with E-state index in [1.54, 1.807) is 43.1 Å². The zero-order chi connectivity index (χ0) is 24.1. The van der Waals surface area contributed by atoms with Gasteiger partial charge in [-0.1, -0.05) is 18.2 Å². The van der Waals surface area contributed by atoms with Gasteiger partial charge in [0.05, 0.1) is 26.1 Å². The summed E-state index contributed by atoms with van der Waals surface area (Å²) in [5, 5.41) is 14.0. The van der Waals surface area contributed by atoms with Gasteiger partial charge in [-0.15, -0.1) is 10.2 Å². The molecular weight excluding hydrogens is 456 g/mol. The molecule has 0 aliphatic carbocycles. The van der Waals surface area contributed by atoms with Gasteiger partial charge in [-0.25, -0.2) is 4.79 Å². The Bertz CT molecular complexity index is 1180. The lowest BCUT2D eigenvalue weighted by atomic mass is 10.1. The van der Waals surface area contributed by atoms with Gasteiger partial charge in [0.1, 0.15) is 11.8 Å². The van der Waals surface area contributed by atoms with E-state index >= 15 is 0 Å².